The molecule has 0 aromatic carbocycles. The van der Waals surface area contributed by atoms with Crippen LogP contribution in [0.1, 0.15) is 47.0 Å². The van der Waals surface area contributed by atoms with E-state index in [0.29, 0.717) is 5.92 Å². The summed E-state index contributed by atoms with van der Waals surface area (Å²) in [6, 6.07) is 0.280. The minimum absolute atomic E-state index is 0.103. The Hall–Kier alpha value is -0.570. The van der Waals surface area contributed by atoms with Gasteiger partial charge in [-0.05, 0) is 39.0 Å². The Labute approximate surface area is 92.3 Å². The van der Waals surface area contributed by atoms with Crippen LogP contribution in [0.25, 0.3) is 0 Å². The Balaban J connectivity index is 2.26. The van der Waals surface area contributed by atoms with E-state index >= 15 is 0 Å². The number of carbonyl (C=O) groups is 1. The summed E-state index contributed by atoms with van der Waals surface area (Å²) in [6.07, 6.45) is 2.70. The van der Waals surface area contributed by atoms with Crippen molar-refractivity contribution < 1.29 is 9.90 Å². The van der Waals surface area contributed by atoms with Crippen LogP contribution in [0.3, 0.4) is 0 Å². The predicted molar refractivity (Wildman–Crippen MR) is 60.4 cm³/mol. The Kier molecular flexibility index (Phi) is 3.77. The molecule has 2 N–H and O–H groups in total. The fraction of sp³-hybridized carbons (Fsp3) is 0.917. The molecule has 0 bridgehead atoms. The molecule has 0 heterocycles. The predicted octanol–water partition coefficient (Wildman–Crippen LogP) is 1.70. The summed E-state index contributed by atoms with van der Waals surface area (Å²) in [5.74, 6) is 0.586. The number of hydrogen-bond acceptors (Lipinski definition) is 2. The molecule has 1 unspecified atom stereocenters. The van der Waals surface area contributed by atoms with Crippen molar-refractivity contribution in [1.29, 1.82) is 0 Å². The average Bonchev–Trinajstić information content (AvgIpc) is 2.06. The zero-order valence-electron chi connectivity index (χ0n) is 10.2. The van der Waals surface area contributed by atoms with Crippen molar-refractivity contribution >= 4 is 5.91 Å². The van der Waals surface area contributed by atoms with Gasteiger partial charge in [-0.25, -0.2) is 0 Å². The zero-order chi connectivity index (χ0) is 11.6. The number of aliphatic hydroxyl groups is 1. The van der Waals surface area contributed by atoms with Crippen LogP contribution in [0.5, 0.6) is 0 Å². The van der Waals surface area contributed by atoms with E-state index in [1.165, 1.54) is 0 Å². The molecule has 1 saturated carbocycles. The molecular formula is C12H23NO2. The number of amides is 1. The highest BCUT2D eigenvalue weighted by molar-refractivity contribution is 5.78. The van der Waals surface area contributed by atoms with E-state index < -0.39 is 5.60 Å². The topological polar surface area (TPSA) is 49.3 Å². The molecule has 1 rings (SSSR count). The molecular weight excluding hydrogens is 190 g/mol. The summed E-state index contributed by atoms with van der Waals surface area (Å²) in [4.78, 5) is 11.6. The monoisotopic (exact) mass is 213 g/mol. The lowest BCUT2D eigenvalue weighted by atomic mass is 9.71. The van der Waals surface area contributed by atoms with Gasteiger partial charge in [0.1, 0.15) is 0 Å². The minimum Gasteiger partial charge on any atom is -0.390 e. The van der Waals surface area contributed by atoms with Gasteiger partial charge < -0.3 is 10.4 Å². The maximum atomic E-state index is 11.6. The first-order valence-corrected chi connectivity index (χ1v) is 5.87. The number of hydrogen-bond donors (Lipinski definition) is 2. The highest BCUT2D eigenvalue weighted by Gasteiger charge is 2.39. The molecule has 1 aliphatic carbocycles. The van der Waals surface area contributed by atoms with Crippen molar-refractivity contribution in [3.63, 3.8) is 0 Å². The summed E-state index contributed by atoms with van der Waals surface area (Å²) in [7, 11) is 0. The molecule has 0 radical (unpaired) electrons. The van der Waals surface area contributed by atoms with Crippen molar-refractivity contribution in [2.24, 2.45) is 11.8 Å². The number of rotatable bonds is 4. The largest absolute Gasteiger partial charge is 0.390 e. The van der Waals surface area contributed by atoms with Crippen LogP contribution in [-0.4, -0.2) is 22.7 Å². The van der Waals surface area contributed by atoms with Crippen molar-refractivity contribution in [3.8, 4) is 0 Å². The van der Waals surface area contributed by atoms with Gasteiger partial charge in [0.2, 0.25) is 5.91 Å². The molecule has 3 heteroatoms. The van der Waals surface area contributed by atoms with Crippen LogP contribution < -0.4 is 5.32 Å². The second-order valence-electron chi connectivity index (χ2n) is 5.34. The molecule has 1 fully saturated rings. The first-order valence-electron chi connectivity index (χ1n) is 5.87. The van der Waals surface area contributed by atoms with Crippen molar-refractivity contribution in [1.82, 2.24) is 5.32 Å². The number of nitrogens with one attached hydrogen (secondary N) is 1. The van der Waals surface area contributed by atoms with Gasteiger partial charge in [-0.2, -0.15) is 0 Å². The molecule has 0 spiro atoms. The van der Waals surface area contributed by atoms with Crippen LogP contribution in [0.4, 0.5) is 0 Å². The molecule has 0 aliphatic heterocycles. The summed E-state index contributed by atoms with van der Waals surface area (Å²) >= 11 is 0. The second kappa shape index (κ2) is 4.52. The standard InChI is InChI=1S/C12H23NO2/c1-5-8(2)11(14)13-10-6-9(7-10)12(3,4)15/h8-10,15H,5-7H2,1-4H3,(H,13,14). The summed E-state index contributed by atoms with van der Waals surface area (Å²) in [5, 5.41) is 12.8. The van der Waals surface area contributed by atoms with E-state index in [0.717, 1.165) is 19.3 Å². The van der Waals surface area contributed by atoms with Crippen molar-refractivity contribution in [3.05, 3.63) is 0 Å². The fourth-order valence-corrected chi connectivity index (χ4v) is 1.84. The molecule has 1 amide bonds. The van der Waals surface area contributed by atoms with Gasteiger partial charge in [-0.1, -0.05) is 13.8 Å². The average molecular weight is 213 g/mol. The lowest BCUT2D eigenvalue weighted by Crippen LogP contribution is -2.51. The van der Waals surface area contributed by atoms with Gasteiger partial charge in [0, 0.05) is 12.0 Å². The van der Waals surface area contributed by atoms with Crippen molar-refractivity contribution in [2.45, 2.75) is 58.6 Å². The summed E-state index contributed by atoms with van der Waals surface area (Å²) in [6.45, 7) is 7.64. The number of carbonyl (C=O) groups excluding carboxylic acids is 1. The second-order valence-corrected chi connectivity index (χ2v) is 5.34. The normalized spacial score (nSPS) is 28.1. The maximum absolute atomic E-state index is 11.6. The zero-order valence-corrected chi connectivity index (χ0v) is 10.2. The molecule has 1 aliphatic rings. The van der Waals surface area contributed by atoms with Gasteiger partial charge in [-0.3, -0.25) is 4.79 Å². The Morgan fingerprint density at radius 3 is 2.47 bits per heavy atom. The van der Waals surface area contributed by atoms with E-state index in [9.17, 15) is 9.90 Å². The van der Waals surface area contributed by atoms with E-state index in [4.69, 9.17) is 0 Å². The lowest BCUT2D eigenvalue weighted by Gasteiger charge is -2.43. The molecule has 0 aromatic heterocycles. The molecule has 0 aromatic rings. The summed E-state index contributed by atoms with van der Waals surface area (Å²) < 4.78 is 0. The van der Waals surface area contributed by atoms with Crippen LogP contribution in [0.2, 0.25) is 0 Å². The Morgan fingerprint density at radius 1 is 1.53 bits per heavy atom. The highest BCUT2D eigenvalue weighted by atomic mass is 16.3. The Bertz CT molecular complexity index is 226. The SMILES string of the molecule is CCC(C)C(=O)NC1CC(C(C)(C)O)C1. The third kappa shape index (κ3) is 3.20. The quantitative estimate of drug-likeness (QED) is 0.746. The first kappa shape index (κ1) is 12.5. The maximum Gasteiger partial charge on any atom is 0.223 e. The smallest absolute Gasteiger partial charge is 0.223 e. The molecule has 3 nitrogen and oxygen atoms in total. The van der Waals surface area contributed by atoms with Crippen LogP contribution in [0.15, 0.2) is 0 Å². The van der Waals surface area contributed by atoms with Gasteiger partial charge in [0.15, 0.2) is 0 Å². The minimum atomic E-state index is -0.600. The van der Waals surface area contributed by atoms with E-state index in [1.54, 1.807) is 0 Å². The van der Waals surface area contributed by atoms with Gasteiger partial charge in [0.25, 0.3) is 0 Å². The van der Waals surface area contributed by atoms with E-state index in [-0.39, 0.29) is 17.9 Å². The van der Waals surface area contributed by atoms with Crippen LogP contribution in [0, 0.1) is 11.8 Å². The highest BCUT2D eigenvalue weighted by Crippen LogP contribution is 2.36. The molecule has 88 valence electrons. The van der Waals surface area contributed by atoms with Crippen LogP contribution >= 0.6 is 0 Å². The van der Waals surface area contributed by atoms with Gasteiger partial charge in [-0.15, -0.1) is 0 Å². The fourth-order valence-electron chi connectivity index (χ4n) is 1.84. The van der Waals surface area contributed by atoms with E-state index in [2.05, 4.69) is 5.32 Å². The van der Waals surface area contributed by atoms with Crippen LogP contribution in [-0.2, 0) is 4.79 Å². The summed E-state index contributed by atoms with van der Waals surface area (Å²) in [5.41, 5.74) is -0.600. The third-order valence-electron chi connectivity index (χ3n) is 3.54. The molecule has 15 heavy (non-hydrogen) atoms. The Morgan fingerprint density at radius 2 is 2.07 bits per heavy atom. The third-order valence-corrected chi connectivity index (χ3v) is 3.54. The van der Waals surface area contributed by atoms with Gasteiger partial charge >= 0.3 is 0 Å². The van der Waals surface area contributed by atoms with Gasteiger partial charge in [0.05, 0.1) is 5.60 Å². The molecule has 0 saturated heterocycles. The molecule has 1 atom stereocenters. The van der Waals surface area contributed by atoms with E-state index in [1.807, 2.05) is 27.7 Å². The lowest BCUT2D eigenvalue weighted by molar-refractivity contribution is -0.127. The first-order chi connectivity index (χ1) is 6.84. The van der Waals surface area contributed by atoms with Crippen molar-refractivity contribution in [2.75, 3.05) is 0 Å².